The van der Waals surface area contributed by atoms with Gasteiger partial charge >= 0.3 is 6.92 Å². The lowest BCUT2D eigenvalue weighted by Crippen LogP contribution is -2.52. The lowest BCUT2D eigenvalue weighted by Gasteiger charge is -2.24. The van der Waals surface area contributed by atoms with Gasteiger partial charge in [-0.25, -0.2) is 0 Å². The van der Waals surface area contributed by atoms with E-state index >= 15 is 0 Å². The quantitative estimate of drug-likeness (QED) is 0.329. The smallest absolute Gasteiger partial charge is 0.427 e. The highest BCUT2D eigenvalue weighted by Crippen LogP contribution is 2.28. The zero-order chi connectivity index (χ0) is 23.3. The molecule has 0 aliphatic carbocycles. The topological polar surface area (TPSA) is 25.0 Å². The number of aromatic nitrogens is 1. The predicted octanol–water partition coefficient (Wildman–Crippen LogP) is 6.36. The van der Waals surface area contributed by atoms with E-state index in [1.807, 2.05) is 0 Å². The first-order chi connectivity index (χ1) is 15.8. The molecule has 0 bridgehead atoms. The summed E-state index contributed by atoms with van der Waals surface area (Å²) < 4.78 is 6.87. The molecule has 0 spiro atoms. The van der Waals surface area contributed by atoms with Gasteiger partial charge in [-0.2, -0.15) is 0 Å². The first-order valence-corrected chi connectivity index (χ1v) is 11.6. The molecule has 5 rings (SSSR count). The van der Waals surface area contributed by atoms with Crippen LogP contribution in [0, 0.1) is 41.5 Å². The van der Waals surface area contributed by atoms with Gasteiger partial charge in [0, 0.05) is 22.4 Å². The maximum absolute atomic E-state index is 6.87. The Hall–Kier alpha value is -3.46. The van der Waals surface area contributed by atoms with Crippen LogP contribution in [-0.2, 0) is 0 Å². The van der Waals surface area contributed by atoms with Gasteiger partial charge < -0.3 is 9.64 Å². The van der Waals surface area contributed by atoms with Crippen LogP contribution in [-0.4, -0.2) is 11.9 Å². The highest BCUT2D eigenvalue weighted by molar-refractivity contribution is 6.82. The number of fused-ring (bicyclic) bond motifs is 3. The van der Waals surface area contributed by atoms with Crippen molar-refractivity contribution in [1.82, 2.24) is 4.98 Å². The van der Waals surface area contributed by atoms with Crippen LogP contribution in [0.25, 0.3) is 21.8 Å². The third kappa shape index (κ3) is 3.82. The van der Waals surface area contributed by atoms with E-state index in [0.29, 0.717) is 0 Å². The van der Waals surface area contributed by atoms with Crippen molar-refractivity contribution in [3.8, 4) is 5.75 Å². The van der Waals surface area contributed by atoms with Crippen molar-refractivity contribution in [1.29, 1.82) is 0 Å². The van der Waals surface area contributed by atoms with Crippen LogP contribution in [0.4, 0.5) is 0 Å². The van der Waals surface area contributed by atoms with E-state index in [1.54, 1.807) is 0 Å². The molecule has 0 aliphatic heterocycles. The monoisotopic (exact) mass is 431 g/mol. The Morgan fingerprint density at radius 1 is 0.576 bits per heavy atom. The number of nitrogens with one attached hydrogen (secondary N) is 1. The predicted molar refractivity (Wildman–Crippen MR) is 143 cm³/mol. The molecule has 4 aromatic carbocycles. The Labute approximate surface area is 196 Å². The number of benzene rings is 4. The fraction of sp³-hybridized carbons (Fsp3) is 0.200. The van der Waals surface area contributed by atoms with E-state index in [1.165, 1.54) is 55.1 Å². The SMILES string of the molecule is Cc1cc(C)c(B(Oc2ccc3c(c2)[nH]c2ccccc23)c2c(C)cc(C)cc2C)c(C)c1. The second-order valence-electron chi connectivity index (χ2n) is 9.50. The van der Waals surface area contributed by atoms with Crippen LogP contribution < -0.4 is 15.6 Å². The van der Waals surface area contributed by atoms with E-state index in [0.717, 1.165) is 16.8 Å². The molecule has 3 heteroatoms. The number of aryl methyl sites for hydroxylation is 6. The van der Waals surface area contributed by atoms with Crippen molar-refractivity contribution in [2.45, 2.75) is 41.5 Å². The largest absolute Gasteiger partial charge is 0.551 e. The molecule has 0 saturated heterocycles. The second-order valence-corrected chi connectivity index (χ2v) is 9.50. The lowest BCUT2D eigenvalue weighted by atomic mass is 9.50. The highest BCUT2D eigenvalue weighted by atomic mass is 16.4. The summed E-state index contributed by atoms with van der Waals surface area (Å²) in [4.78, 5) is 3.55. The summed E-state index contributed by atoms with van der Waals surface area (Å²) in [5.41, 5.74) is 12.4. The fourth-order valence-corrected chi connectivity index (χ4v) is 5.51. The average molecular weight is 431 g/mol. The Balaban J connectivity index is 1.68. The van der Waals surface area contributed by atoms with Gasteiger partial charge in [0.05, 0.1) is 5.52 Å². The van der Waals surface area contributed by atoms with Gasteiger partial charge in [-0.1, -0.05) is 75.8 Å². The maximum atomic E-state index is 6.87. The van der Waals surface area contributed by atoms with E-state index in [-0.39, 0.29) is 6.92 Å². The van der Waals surface area contributed by atoms with Crippen molar-refractivity contribution >= 4 is 39.6 Å². The van der Waals surface area contributed by atoms with Gasteiger partial charge in [-0.3, -0.25) is 0 Å². The number of aromatic amines is 1. The van der Waals surface area contributed by atoms with Crippen LogP contribution in [0.2, 0.25) is 0 Å². The molecule has 5 aromatic rings. The van der Waals surface area contributed by atoms with Crippen LogP contribution in [0.5, 0.6) is 5.75 Å². The highest BCUT2D eigenvalue weighted by Gasteiger charge is 2.30. The van der Waals surface area contributed by atoms with Gasteiger partial charge in [-0.05, 0) is 70.7 Å². The Kier molecular flexibility index (Phi) is 5.28. The minimum absolute atomic E-state index is 0.173. The molecule has 0 atom stereocenters. The van der Waals surface area contributed by atoms with Crippen molar-refractivity contribution in [2.75, 3.05) is 0 Å². The van der Waals surface area contributed by atoms with Crippen LogP contribution in [0.1, 0.15) is 33.4 Å². The Morgan fingerprint density at radius 3 is 1.67 bits per heavy atom. The zero-order valence-corrected chi connectivity index (χ0v) is 20.3. The first-order valence-electron chi connectivity index (χ1n) is 11.6. The van der Waals surface area contributed by atoms with Crippen LogP contribution in [0.15, 0.2) is 66.7 Å². The lowest BCUT2D eigenvalue weighted by molar-refractivity contribution is 0.592. The van der Waals surface area contributed by atoms with Crippen LogP contribution >= 0.6 is 0 Å². The van der Waals surface area contributed by atoms with Crippen LogP contribution in [0.3, 0.4) is 0 Å². The molecule has 0 unspecified atom stereocenters. The molecule has 33 heavy (non-hydrogen) atoms. The number of H-pyrrole nitrogens is 1. The molecule has 0 aliphatic rings. The first kappa shape index (κ1) is 21.4. The summed E-state index contributed by atoms with van der Waals surface area (Å²) in [7, 11) is 0. The fourth-order valence-electron chi connectivity index (χ4n) is 5.51. The summed E-state index contributed by atoms with van der Waals surface area (Å²) in [5, 5.41) is 2.46. The molecule has 0 radical (unpaired) electrons. The maximum Gasteiger partial charge on any atom is 0.427 e. The molecule has 0 fully saturated rings. The van der Waals surface area contributed by atoms with E-state index in [9.17, 15) is 0 Å². The summed E-state index contributed by atoms with van der Waals surface area (Å²) in [6, 6.07) is 23.9. The Morgan fingerprint density at radius 2 is 1.09 bits per heavy atom. The molecule has 164 valence electrons. The average Bonchev–Trinajstić information content (AvgIpc) is 3.10. The molecule has 1 N–H and O–H groups in total. The van der Waals surface area contributed by atoms with E-state index in [2.05, 4.69) is 113 Å². The minimum atomic E-state index is -0.173. The van der Waals surface area contributed by atoms with Gasteiger partial charge in [0.2, 0.25) is 0 Å². The number of para-hydroxylation sites is 1. The number of rotatable bonds is 4. The van der Waals surface area contributed by atoms with E-state index in [4.69, 9.17) is 4.65 Å². The molecular weight excluding hydrogens is 401 g/mol. The molecule has 2 nitrogen and oxygen atoms in total. The summed E-state index contributed by atoms with van der Waals surface area (Å²) in [5.74, 6) is 0.873. The van der Waals surface area contributed by atoms with Crippen molar-refractivity contribution in [2.24, 2.45) is 0 Å². The molecule has 0 saturated carbocycles. The third-order valence-electron chi connectivity index (χ3n) is 6.73. The summed E-state index contributed by atoms with van der Waals surface area (Å²) in [6.07, 6.45) is 0. The Bertz CT molecular complexity index is 1410. The van der Waals surface area contributed by atoms with Crippen molar-refractivity contribution < 1.29 is 4.65 Å². The standard InChI is InChI=1S/C30H30BNO/c1-18-13-20(3)29(21(4)14-18)31(30-22(5)15-19(2)16-23(30)6)33-24-11-12-26-25-9-7-8-10-27(25)32-28(26)17-24/h7-17,32H,1-6H3. The second kappa shape index (κ2) is 8.15. The van der Waals surface area contributed by atoms with E-state index < -0.39 is 0 Å². The van der Waals surface area contributed by atoms with Crippen molar-refractivity contribution in [3.05, 3.63) is 100 Å². The van der Waals surface area contributed by atoms with Gasteiger partial charge in [0.25, 0.3) is 0 Å². The number of hydrogen-bond acceptors (Lipinski definition) is 1. The normalized spacial score (nSPS) is 11.3. The van der Waals surface area contributed by atoms with Gasteiger partial charge in [0.1, 0.15) is 5.75 Å². The van der Waals surface area contributed by atoms with Gasteiger partial charge in [0.15, 0.2) is 0 Å². The van der Waals surface area contributed by atoms with Crippen molar-refractivity contribution in [3.63, 3.8) is 0 Å². The van der Waals surface area contributed by atoms with Gasteiger partial charge in [-0.15, -0.1) is 0 Å². The molecular formula is C30H30BNO. The molecule has 1 heterocycles. The summed E-state index contributed by atoms with van der Waals surface area (Å²) in [6.45, 7) is 12.9. The molecule has 1 aromatic heterocycles. The zero-order valence-electron chi connectivity index (χ0n) is 20.3. The molecule has 0 amide bonds. The number of hydrogen-bond donors (Lipinski definition) is 1. The summed E-state index contributed by atoms with van der Waals surface area (Å²) >= 11 is 0. The third-order valence-corrected chi connectivity index (χ3v) is 6.73. The minimum Gasteiger partial charge on any atom is -0.551 e.